The number of rotatable bonds is 9. The molecule has 38 heavy (non-hydrogen) atoms. The van der Waals surface area contributed by atoms with Crippen LogP contribution < -0.4 is 18.9 Å². The van der Waals surface area contributed by atoms with E-state index in [1.54, 1.807) is 44.1 Å². The maximum absolute atomic E-state index is 12.9. The van der Waals surface area contributed by atoms with Crippen molar-refractivity contribution >= 4 is 39.6 Å². The Morgan fingerprint density at radius 2 is 1.68 bits per heavy atom. The van der Waals surface area contributed by atoms with Crippen molar-refractivity contribution in [1.82, 2.24) is 13.3 Å². The number of carboxylic acid groups (broad SMARTS) is 1. The fraction of sp³-hybridized carbons (Fsp3) is 0.250. The van der Waals surface area contributed by atoms with Crippen LogP contribution in [0.15, 0.2) is 48.5 Å². The lowest BCUT2D eigenvalue weighted by atomic mass is 10.0. The van der Waals surface area contributed by atoms with Gasteiger partial charge in [-0.3, -0.25) is 0 Å². The van der Waals surface area contributed by atoms with E-state index < -0.39 is 5.97 Å². The Kier molecular flexibility index (Phi) is 6.81. The predicted molar refractivity (Wildman–Crippen MR) is 146 cm³/mol. The van der Waals surface area contributed by atoms with E-state index in [9.17, 15) is 9.90 Å². The van der Waals surface area contributed by atoms with Gasteiger partial charge in [-0.25, -0.2) is 4.79 Å². The number of aromatic nitrogens is 3. The van der Waals surface area contributed by atoms with Crippen LogP contribution in [0, 0.1) is 0 Å². The third-order valence-electron chi connectivity index (χ3n) is 6.25. The molecule has 0 saturated carbocycles. The number of fused-ring (bicyclic) bond motifs is 2. The summed E-state index contributed by atoms with van der Waals surface area (Å²) >= 11 is 1.14. The average Bonchev–Trinajstić information content (AvgIpc) is 3.50. The van der Waals surface area contributed by atoms with Crippen LogP contribution in [-0.4, -0.2) is 51.8 Å². The Balaban J connectivity index is 1.86. The number of aromatic carboxylic acids is 1. The molecule has 0 aliphatic heterocycles. The van der Waals surface area contributed by atoms with Crippen molar-refractivity contribution in [3.05, 3.63) is 59.8 Å². The number of carbonyl (C=O) groups is 1. The van der Waals surface area contributed by atoms with Gasteiger partial charge in [0.25, 0.3) is 0 Å². The minimum Gasteiger partial charge on any atom is -0.497 e. The molecule has 5 aromatic rings. The van der Waals surface area contributed by atoms with E-state index in [-0.39, 0.29) is 18.3 Å². The molecule has 0 atom stereocenters. The summed E-state index contributed by atoms with van der Waals surface area (Å²) < 4.78 is 33.4. The van der Waals surface area contributed by atoms with E-state index in [0.29, 0.717) is 45.0 Å². The Hall–Kier alpha value is -4.31. The third-order valence-corrected chi connectivity index (χ3v) is 6.80. The highest BCUT2D eigenvalue weighted by atomic mass is 32.1. The van der Waals surface area contributed by atoms with Gasteiger partial charge >= 0.3 is 5.97 Å². The zero-order valence-electron chi connectivity index (χ0n) is 21.6. The molecule has 0 spiro atoms. The van der Waals surface area contributed by atoms with Gasteiger partial charge in [0.2, 0.25) is 5.75 Å². The molecule has 0 aliphatic rings. The average molecular weight is 534 g/mol. The van der Waals surface area contributed by atoms with E-state index in [2.05, 4.69) is 8.75 Å². The largest absolute Gasteiger partial charge is 0.497 e. The molecule has 10 heteroatoms. The zero-order chi connectivity index (χ0) is 27.0. The minimum absolute atomic E-state index is 0.115. The first kappa shape index (κ1) is 25.3. The fourth-order valence-corrected chi connectivity index (χ4v) is 5.18. The SMILES string of the molecule is COc1ccc(-c2c(C(=O)O)n(Cc3ccc4nsnc4c3)c3cc(OC)c(OC(C)C)c(OC)c23)cc1. The van der Waals surface area contributed by atoms with Crippen LogP contribution in [-0.2, 0) is 6.54 Å². The van der Waals surface area contributed by atoms with Crippen LogP contribution in [0.3, 0.4) is 0 Å². The number of ether oxygens (including phenoxy) is 4. The molecule has 1 N–H and O–H groups in total. The molecule has 196 valence electrons. The summed E-state index contributed by atoms with van der Waals surface area (Å²) in [6.07, 6.45) is -0.167. The first-order valence-corrected chi connectivity index (χ1v) is 12.7. The van der Waals surface area contributed by atoms with Crippen molar-refractivity contribution in [2.24, 2.45) is 0 Å². The first-order valence-electron chi connectivity index (χ1n) is 11.9. The lowest BCUT2D eigenvalue weighted by Gasteiger charge is -2.18. The number of carboxylic acids is 1. The minimum atomic E-state index is -1.07. The van der Waals surface area contributed by atoms with Gasteiger partial charge < -0.3 is 28.6 Å². The second kappa shape index (κ2) is 10.2. The van der Waals surface area contributed by atoms with Crippen LogP contribution in [0.1, 0.15) is 29.9 Å². The quantitative estimate of drug-likeness (QED) is 0.251. The van der Waals surface area contributed by atoms with Crippen molar-refractivity contribution in [3.63, 3.8) is 0 Å². The molecule has 0 radical (unpaired) electrons. The smallest absolute Gasteiger partial charge is 0.353 e. The molecule has 5 rings (SSSR count). The van der Waals surface area contributed by atoms with Gasteiger partial charge in [0.15, 0.2) is 11.5 Å². The van der Waals surface area contributed by atoms with Crippen molar-refractivity contribution < 1.29 is 28.8 Å². The van der Waals surface area contributed by atoms with Crippen molar-refractivity contribution in [2.75, 3.05) is 21.3 Å². The standard InChI is InChI=1S/C28H27N3O6S/c1-15(2)37-26-22(35-4)13-21-24(27(26)36-5)23(17-7-9-18(34-3)10-8-17)25(28(32)33)31(21)14-16-6-11-19-20(12-16)30-38-29-19/h6-13,15H,14H2,1-5H3,(H,32,33). The molecule has 0 fully saturated rings. The molecule has 0 amide bonds. The van der Waals surface area contributed by atoms with E-state index in [0.717, 1.165) is 28.3 Å². The maximum Gasteiger partial charge on any atom is 0.353 e. The first-order chi connectivity index (χ1) is 18.4. The number of hydrogen-bond acceptors (Lipinski definition) is 8. The Bertz CT molecular complexity index is 1640. The monoisotopic (exact) mass is 533 g/mol. The van der Waals surface area contributed by atoms with Crippen LogP contribution in [0.4, 0.5) is 0 Å². The molecule has 9 nitrogen and oxygen atoms in total. The van der Waals surface area contributed by atoms with E-state index in [4.69, 9.17) is 18.9 Å². The van der Waals surface area contributed by atoms with Gasteiger partial charge in [0.05, 0.1) is 50.1 Å². The van der Waals surface area contributed by atoms with Gasteiger partial charge in [0.1, 0.15) is 22.5 Å². The van der Waals surface area contributed by atoms with Gasteiger partial charge in [-0.1, -0.05) is 18.2 Å². The molecule has 0 unspecified atom stereocenters. The van der Waals surface area contributed by atoms with Crippen LogP contribution in [0.25, 0.3) is 33.1 Å². The van der Waals surface area contributed by atoms with E-state index in [1.807, 2.05) is 44.2 Å². The third kappa shape index (κ3) is 4.37. The molecule has 0 saturated heterocycles. The maximum atomic E-state index is 12.9. The topological polar surface area (TPSA) is 105 Å². The summed E-state index contributed by atoms with van der Waals surface area (Å²) in [7, 11) is 4.68. The van der Waals surface area contributed by atoms with Gasteiger partial charge in [0, 0.05) is 18.2 Å². The molecular weight excluding hydrogens is 506 g/mol. The number of methoxy groups -OCH3 is 3. The van der Waals surface area contributed by atoms with Crippen LogP contribution in [0.5, 0.6) is 23.0 Å². The summed E-state index contributed by atoms with van der Waals surface area (Å²) in [4.78, 5) is 12.9. The van der Waals surface area contributed by atoms with Gasteiger partial charge in [-0.05, 0) is 49.2 Å². The molecule has 0 bridgehead atoms. The normalized spacial score (nSPS) is 11.3. The van der Waals surface area contributed by atoms with Crippen molar-refractivity contribution in [1.29, 1.82) is 0 Å². The summed E-state index contributed by atoms with van der Waals surface area (Å²) in [5, 5.41) is 11.2. The highest BCUT2D eigenvalue weighted by Gasteiger charge is 2.30. The van der Waals surface area contributed by atoms with Crippen molar-refractivity contribution in [3.8, 4) is 34.1 Å². The van der Waals surface area contributed by atoms with Gasteiger partial charge in [-0.2, -0.15) is 8.75 Å². The van der Waals surface area contributed by atoms with E-state index >= 15 is 0 Å². The highest BCUT2D eigenvalue weighted by molar-refractivity contribution is 7.00. The van der Waals surface area contributed by atoms with Crippen LogP contribution >= 0.6 is 11.7 Å². The molecule has 3 aromatic carbocycles. The molecule has 2 heterocycles. The van der Waals surface area contributed by atoms with E-state index in [1.165, 1.54) is 0 Å². The summed E-state index contributed by atoms with van der Waals surface area (Å²) in [5.74, 6) is 0.850. The zero-order valence-corrected chi connectivity index (χ0v) is 22.5. The van der Waals surface area contributed by atoms with Gasteiger partial charge in [-0.15, -0.1) is 0 Å². The Labute approximate surface area is 223 Å². The Morgan fingerprint density at radius 3 is 2.32 bits per heavy atom. The lowest BCUT2D eigenvalue weighted by Crippen LogP contribution is -2.11. The second-order valence-corrected chi connectivity index (χ2v) is 9.46. The lowest BCUT2D eigenvalue weighted by molar-refractivity contribution is 0.0687. The molecule has 2 aromatic heterocycles. The predicted octanol–water partition coefficient (Wildman–Crippen LogP) is 5.87. The van der Waals surface area contributed by atoms with Crippen molar-refractivity contribution in [2.45, 2.75) is 26.5 Å². The van der Waals surface area contributed by atoms with Crippen LogP contribution in [0.2, 0.25) is 0 Å². The summed E-state index contributed by atoms with van der Waals surface area (Å²) in [6, 6.07) is 14.8. The fourth-order valence-electron chi connectivity index (χ4n) is 4.66. The number of hydrogen-bond donors (Lipinski definition) is 1. The highest BCUT2D eigenvalue weighted by Crippen LogP contribution is 2.50. The number of benzene rings is 3. The Morgan fingerprint density at radius 1 is 0.947 bits per heavy atom. The molecule has 0 aliphatic carbocycles. The summed E-state index contributed by atoms with van der Waals surface area (Å²) in [6.45, 7) is 4.09. The second-order valence-electron chi connectivity index (χ2n) is 8.93. The molecular formula is C28H27N3O6S. The number of nitrogens with zero attached hydrogens (tertiary/aromatic N) is 3. The summed E-state index contributed by atoms with van der Waals surface area (Å²) in [5.41, 5.74) is 4.40.